The van der Waals surface area contributed by atoms with Gasteiger partial charge in [-0.3, -0.25) is 0 Å². The molecule has 0 aliphatic rings. The van der Waals surface area contributed by atoms with Gasteiger partial charge in [0.1, 0.15) is 5.82 Å². The second-order valence-electron chi connectivity index (χ2n) is 4.28. The van der Waals surface area contributed by atoms with Crippen molar-refractivity contribution in [2.45, 2.75) is 25.4 Å². The van der Waals surface area contributed by atoms with Crippen LogP contribution < -0.4 is 5.32 Å². The molecule has 0 amide bonds. The topological polar surface area (TPSA) is 32.3 Å². The Morgan fingerprint density at radius 2 is 2.19 bits per heavy atom. The third kappa shape index (κ3) is 4.20. The second-order valence-corrected chi connectivity index (χ2v) is 5.13. The molecule has 1 aromatic rings. The fourth-order valence-corrected chi connectivity index (χ4v) is 2.00. The van der Waals surface area contributed by atoms with E-state index in [1.165, 1.54) is 6.07 Å². The Morgan fingerprint density at radius 3 is 2.75 bits per heavy atom. The van der Waals surface area contributed by atoms with Crippen LogP contribution in [0.15, 0.2) is 22.7 Å². The van der Waals surface area contributed by atoms with Crippen molar-refractivity contribution in [2.75, 3.05) is 13.6 Å². The number of aliphatic hydroxyl groups is 1. The van der Waals surface area contributed by atoms with E-state index in [0.717, 1.165) is 12.1 Å². The average Bonchev–Trinajstić information content (AvgIpc) is 2.20. The molecule has 1 rings (SSSR count). The summed E-state index contributed by atoms with van der Waals surface area (Å²) in [6.45, 7) is 2.55. The fourth-order valence-electron chi connectivity index (χ4n) is 1.57. The van der Waals surface area contributed by atoms with Crippen LogP contribution in [0.5, 0.6) is 0 Å². The quantitative estimate of drug-likeness (QED) is 0.873. The molecule has 0 heterocycles. The Labute approximate surface area is 104 Å². The average molecular weight is 290 g/mol. The summed E-state index contributed by atoms with van der Waals surface area (Å²) in [4.78, 5) is 0. The van der Waals surface area contributed by atoms with E-state index < -0.39 is 5.60 Å². The first-order chi connectivity index (χ1) is 7.44. The Kier molecular flexibility index (Phi) is 4.89. The summed E-state index contributed by atoms with van der Waals surface area (Å²) in [5.41, 5.74) is 0.162. The molecule has 90 valence electrons. The maximum Gasteiger partial charge on any atom is 0.137 e. The number of hydrogen-bond donors (Lipinski definition) is 2. The lowest BCUT2D eigenvalue weighted by Gasteiger charge is -2.23. The van der Waals surface area contributed by atoms with Gasteiger partial charge in [-0.1, -0.05) is 6.07 Å². The number of hydrogen-bond acceptors (Lipinski definition) is 2. The minimum Gasteiger partial charge on any atom is -0.390 e. The number of halogens is 2. The first-order valence-corrected chi connectivity index (χ1v) is 6.05. The normalized spacial score (nSPS) is 14.8. The van der Waals surface area contributed by atoms with Crippen molar-refractivity contribution >= 4 is 15.9 Å². The van der Waals surface area contributed by atoms with E-state index in [2.05, 4.69) is 21.2 Å². The van der Waals surface area contributed by atoms with Gasteiger partial charge in [0.05, 0.1) is 10.1 Å². The van der Waals surface area contributed by atoms with E-state index in [0.29, 0.717) is 17.3 Å². The highest BCUT2D eigenvalue weighted by atomic mass is 79.9. The molecule has 0 aromatic heterocycles. The van der Waals surface area contributed by atoms with Crippen LogP contribution in [0, 0.1) is 5.82 Å². The molecule has 0 fully saturated rings. The highest BCUT2D eigenvalue weighted by Gasteiger charge is 2.20. The predicted octanol–water partition coefficient (Wildman–Crippen LogP) is 2.49. The third-order valence-electron chi connectivity index (χ3n) is 2.48. The van der Waals surface area contributed by atoms with E-state index in [1.807, 2.05) is 7.05 Å². The molecule has 2 N–H and O–H groups in total. The smallest absolute Gasteiger partial charge is 0.137 e. The highest BCUT2D eigenvalue weighted by molar-refractivity contribution is 9.10. The van der Waals surface area contributed by atoms with Crippen LogP contribution in [-0.2, 0) is 6.42 Å². The summed E-state index contributed by atoms with van der Waals surface area (Å²) >= 11 is 3.14. The predicted molar refractivity (Wildman–Crippen MR) is 67.0 cm³/mol. The van der Waals surface area contributed by atoms with Gasteiger partial charge in [0.15, 0.2) is 0 Å². The molecule has 0 bridgehead atoms. The summed E-state index contributed by atoms with van der Waals surface area (Å²) in [6.07, 6.45) is 1.19. The van der Waals surface area contributed by atoms with Gasteiger partial charge in [-0.25, -0.2) is 4.39 Å². The summed E-state index contributed by atoms with van der Waals surface area (Å²) in [5, 5.41) is 13.1. The van der Waals surface area contributed by atoms with Crippen molar-refractivity contribution in [2.24, 2.45) is 0 Å². The van der Waals surface area contributed by atoms with Gasteiger partial charge in [-0.15, -0.1) is 0 Å². The molecule has 0 aliphatic carbocycles. The molecule has 2 nitrogen and oxygen atoms in total. The lowest BCUT2D eigenvalue weighted by molar-refractivity contribution is 0.0520. The maximum absolute atomic E-state index is 13.0. The van der Waals surface area contributed by atoms with Crippen molar-refractivity contribution in [1.29, 1.82) is 0 Å². The van der Waals surface area contributed by atoms with Crippen LogP contribution in [-0.4, -0.2) is 24.3 Å². The summed E-state index contributed by atoms with van der Waals surface area (Å²) in [5.74, 6) is -0.279. The Bertz CT molecular complexity index is 355. The SMILES string of the molecule is CNCCC(C)(O)Cc1ccc(F)c(Br)c1. The first kappa shape index (κ1) is 13.6. The van der Waals surface area contributed by atoms with Gasteiger partial charge in [-0.05, 0) is 60.6 Å². The zero-order valence-electron chi connectivity index (χ0n) is 9.56. The van der Waals surface area contributed by atoms with Crippen LogP contribution in [0.3, 0.4) is 0 Å². The van der Waals surface area contributed by atoms with E-state index in [-0.39, 0.29) is 5.82 Å². The number of benzene rings is 1. The molecule has 1 unspecified atom stereocenters. The number of rotatable bonds is 5. The summed E-state index contributed by atoms with van der Waals surface area (Å²) < 4.78 is 13.5. The first-order valence-electron chi connectivity index (χ1n) is 5.25. The maximum atomic E-state index is 13.0. The van der Waals surface area contributed by atoms with E-state index in [1.54, 1.807) is 19.1 Å². The molecule has 1 aromatic carbocycles. The third-order valence-corrected chi connectivity index (χ3v) is 3.09. The van der Waals surface area contributed by atoms with Crippen molar-refractivity contribution in [1.82, 2.24) is 5.32 Å². The standard InChI is InChI=1S/C12H17BrFNO/c1-12(16,5-6-15-2)8-9-3-4-11(14)10(13)7-9/h3-4,7,15-16H,5-6,8H2,1-2H3. The Hall–Kier alpha value is -0.450. The van der Waals surface area contributed by atoms with E-state index in [4.69, 9.17) is 0 Å². The Balaban J connectivity index is 2.68. The molecule has 0 saturated carbocycles. The van der Waals surface area contributed by atoms with Crippen LogP contribution in [0.25, 0.3) is 0 Å². The molecule has 0 aliphatic heterocycles. The van der Waals surface area contributed by atoms with Crippen LogP contribution in [0.2, 0.25) is 0 Å². The van der Waals surface area contributed by atoms with Crippen molar-refractivity contribution in [3.8, 4) is 0 Å². The second kappa shape index (κ2) is 5.75. The van der Waals surface area contributed by atoms with Crippen LogP contribution in [0.4, 0.5) is 4.39 Å². The fraction of sp³-hybridized carbons (Fsp3) is 0.500. The van der Waals surface area contributed by atoms with Gasteiger partial charge in [0.2, 0.25) is 0 Å². The monoisotopic (exact) mass is 289 g/mol. The van der Waals surface area contributed by atoms with Gasteiger partial charge >= 0.3 is 0 Å². The van der Waals surface area contributed by atoms with Crippen molar-refractivity contribution in [3.05, 3.63) is 34.1 Å². The van der Waals surface area contributed by atoms with Crippen LogP contribution in [0.1, 0.15) is 18.9 Å². The van der Waals surface area contributed by atoms with Gasteiger partial charge in [0, 0.05) is 6.42 Å². The van der Waals surface area contributed by atoms with Crippen molar-refractivity contribution < 1.29 is 9.50 Å². The molecule has 1 atom stereocenters. The molecule has 16 heavy (non-hydrogen) atoms. The summed E-state index contributed by atoms with van der Waals surface area (Å²) in [6, 6.07) is 4.82. The van der Waals surface area contributed by atoms with Crippen molar-refractivity contribution in [3.63, 3.8) is 0 Å². The minimum absolute atomic E-state index is 0.279. The van der Waals surface area contributed by atoms with Gasteiger partial charge in [-0.2, -0.15) is 0 Å². The lowest BCUT2D eigenvalue weighted by Crippen LogP contribution is -2.31. The zero-order valence-corrected chi connectivity index (χ0v) is 11.1. The zero-order chi connectivity index (χ0) is 12.2. The highest BCUT2D eigenvalue weighted by Crippen LogP contribution is 2.21. The largest absolute Gasteiger partial charge is 0.390 e. The molecular formula is C12H17BrFNO. The molecule has 4 heteroatoms. The van der Waals surface area contributed by atoms with Gasteiger partial charge in [0.25, 0.3) is 0 Å². The lowest BCUT2D eigenvalue weighted by atomic mass is 9.93. The molecule has 0 radical (unpaired) electrons. The number of nitrogens with one attached hydrogen (secondary N) is 1. The minimum atomic E-state index is -0.764. The summed E-state index contributed by atoms with van der Waals surface area (Å²) in [7, 11) is 1.85. The molecule has 0 saturated heterocycles. The molecular weight excluding hydrogens is 273 g/mol. The van der Waals surface area contributed by atoms with Crippen LogP contribution >= 0.6 is 15.9 Å². The Morgan fingerprint density at radius 1 is 1.50 bits per heavy atom. The van der Waals surface area contributed by atoms with E-state index in [9.17, 15) is 9.50 Å². The van der Waals surface area contributed by atoms with Gasteiger partial charge < -0.3 is 10.4 Å². The van der Waals surface area contributed by atoms with E-state index >= 15 is 0 Å². The molecule has 0 spiro atoms.